The van der Waals surface area contributed by atoms with Gasteiger partial charge in [0, 0.05) is 15.8 Å². The molecule has 0 radical (unpaired) electrons. The van der Waals surface area contributed by atoms with Gasteiger partial charge in [0.1, 0.15) is 0 Å². The van der Waals surface area contributed by atoms with E-state index in [9.17, 15) is 4.79 Å². The maximum Gasteiger partial charge on any atom is 0.256 e. The zero-order chi connectivity index (χ0) is 12.4. The topological polar surface area (TPSA) is 55.6 Å². The van der Waals surface area contributed by atoms with Gasteiger partial charge < -0.3 is 15.4 Å². The first-order valence-electron chi connectivity index (χ1n) is 5.53. The van der Waals surface area contributed by atoms with E-state index in [4.69, 9.17) is 10.5 Å². The number of nitrogens with zero attached hydrogens (tertiary/aromatic N) is 1. The fraction of sp³-hybridized carbons (Fsp3) is 0.417. The Bertz CT molecular complexity index is 437. The molecule has 1 saturated heterocycles. The summed E-state index contributed by atoms with van der Waals surface area (Å²) in [4.78, 5) is 14.2. The van der Waals surface area contributed by atoms with Crippen molar-refractivity contribution in [1.82, 2.24) is 4.90 Å². The Morgan fingerprint density at radius 1 is 1.59 bits per heavy atom. The van der Waals surface area contributed by atoms with Gasteiger partial charge in [-0.25, -0.2) is 0 Å². The number of carbonyl (C=O) groups excluding carboxylic acids is 1. The summed E-state index contributed by atoms with van der Waals surface area (Å²) >= 11 is 2.18. The molecule has 1 amide bonds. The third-order valence-electron chi connectivity index (χ3n) is 2.87. The number of morpholine rings is 1. The van der Waals surface area contributed by atoms with Crippen molar-refractivity contribution < 1.29 is 9.53 Å². The standard InChI is InChI=1S/C12H15IN2O2/c1-8-7-17-5-4-15(8)12(16)10-3-2-9(13)6-11(10)14/h2-3,6,8H,4-5,7,14H2,1H3. The van der Waals surface area contributed by atoms with Gasteiger partial charge in [-0.3, -0.25) is 4.79 Å². The molecule has 0 saturated carbocycles. The van der Waals surface area contributed by atoms with E-state index in [1.807, 2.05) is 24.0 Å². The molecule has 0 aromatic heterocycles. The van der Waals surface area contributed by atoms with E-state index in [-0.39, 0.29) is 11.9 Å². The summed E-state index contributed by atoms with van der Waals surface area (Å²) < 4.78 is 6.35. The number of halogens is 1. The zero-order valence-electron chi connectivity index (χ0n) is 9.65. The molecule has 1 aromatic carbocycles. The molecule has 1 aliphatic rings. The molecule has 92 valence electrons. The molecule has 1 unspecified atom stereocenters. The predicted octanol–water partition coefficient (Wildman–Crippen LogP) is 1.73. The summed E-state index contributed by atoms with van der Waals surface area (Å²) in [6, 6.07) is 5.62. The number of rotatable bonds is 1. The molecule has 1 heterocycles. The third-order valence-corrected chi connectivity index (χ3v) is 3.54. The van der Waals surface area contributed by atoms with Crippen molar-refractivity contribution in [2.24, 2.45) is 0 Å². The first kappa shape index (κ1) is 12.6. The number of anilines is 1. The lowest BCUT2D eigenvalue weighted by molar-refractivity contribution is 0.00365. The van der Waals surface area contributed by atoms with Crippen LogP contribution in [0.4, 0.5) is 5.69 Å². The minimum atomic E-state index is -0.00491. The van der Waals surface area contributed by atoms with Gasteiger partial charge in [0.15, 0.2) is 0 Å². The monoisotopic (exact) mass is 346 g/mol. The highest BCUT2D eigenvalue weighted by molar-refractivity contribution is 14.1. The van der Waals surface area contributed by atoms with E-state index in [0.717, 1.165) is 3.57 Å². The predicted molar refractivity (Wildman–Crippen MR) is 74.9 cm³/mol. The van der Waals surface area contributed by atoms with Gasteiger partial charge in [0.25, 0.3) is 5.91 Å². The van der Waals surface area contributed by atoms with Crippen LogP contribution in [0, 0.1) is 3.57 Å². The molecular formula is C12H15IN2O2. The Morgan fingerprint density at radius 3 is 3.00 bits per heavy atom. The van der Waals surface area contributed by atoms with Crippen molar-refractivity contribution in [3.63, 3.8) is 0 Å². The van der Waals surface area contributed by atoms with Crippen molar-refractivity contribution in [3.05, 3.63) is 27.3 Å². The molecule has 1 aromatic rings. The molecule has 1 atom stereocenters. The highest BCUT2D eigenvalue weighted by Crippen LogP contribution is 2.19. The molecule has 0 aliphatic carbocycles. The Kier molecular flexibility index (Phi) is 3.88. The summed E-state index contributed by atoms with van der Waals surface area (Å²) in [6.07, 6.45) is 0. The number of benzene rings is 1. The normalized spacial score (nSPS) is 20.4. The van der Waals surface area contributed by atoms with Gasteiger partial charge in [0.05, 0.1) is 24.8 Å². The third kappa shape index (κ3) is 2.71. The quantitative estimate of drug-likeness (QED) is 0.623. The number of carbonyl (C=O) groups is 1. The molecule has 17 heavy (non-hydrogen) atoms. The van der Waals surface area contributed by atoms with Crippen LogP contribution in [0.2, 0.25) is 0 Å². The molecule has 5 heteroatoms. The Hall–Kier alpha value is -0.820. The fourth-order valence-corrected chi connectivity index (χ4v) is 2.43. The molecule has 0 spiro atoms. The second kappa shape index (κ2) is 5.22. The first-order chi connectivity index (χ1) is 8.09. The van der Waals surface area contributed by atoms with Gasteiger partial charge in [-0.1, -0.05) is 0 Å². The lowest BCUT2D eigenvalue weighted by Crippen LogP contribution is -2.47. The second-order valence-corrected chi connectivity index (χ2v) is 5.40. The van der Waals surface area contributed by atoms with Crippen LogP contribution in [0.15, 0.2) is 18.2 Å². The van der Waals surface area contributed by atoms with Crippen LogP contribution in [0.3, 0.4) is 0 Å². The minimum absolute atomic E-state index is 0.00491. The van der Waals surface area contributed by atoms with Crippen molar-refractivity contribution in [3.8, 4) is 0 Å². The van der Waals surface area contributed by atoms with Crippen molar-refractivity contribution >= 4 is 34.2 Å². The number of nitrogen functional groups attached to an aromatic ring is 1. The fourth-order valence-electron chi connectivity index (χ4n) is 1.91. The van der Waals surface area contributed by atoms with E-state index in [2.05, 4.69) is 22.6 Å². The molecule has 1 fully saturated rings. The lowest BCUT2D eigenvalue weighted by Gasteiger charge is -2.33. The van der Waals surface area contributed by atoms with E-state index < -0.39 is 0 Å². The van der Waals surface area contributed by atoms with Crippen LogP contribution < -0.4 is 5.73 Å². The van der Waals surface area contributed by atoms with Crippen molar-refractivity contribution in [2.45, 2.75) is 13.0 Å². The highest BCUT2D eigenvalue weighted by Gasteiger charge is 2.25. The van der Waals surface area contributed by atoms with Gasteiger partial charge in [-0.2, -0.15) is 0 Å². The highest BCUT2D eigenvalue weighted by atomic mass is 127. The first-order valence-corrected chi connectivity index (χ1v) is 6.61. The smallest absolute Gasteiger partial charge is 0.256 e. The number of amides is 1. The van der Waals surface area contributed by atoms with E-state index in [0.29, 0.717) is 31.0 Å². The lowest BCUT2D eigenvalue weighted by atomic mass is 10.1. The summed E-state index contributed by atoms with van der Waals surface area (Å²) in [6.45, 7) is 3.81. The molecule has 0 bridgehead atoms. The van der Waals surface area contributed by atoms with Gasteiger partial charge in [0.2, 0.25) is 0 Å². The zero-order valence-corrected chi connectivity index (χ0v) is 11.8. The van der Waals surface area contributed by atoms with Crippen LogP contribution in [0.25, 0.3) is 0 Å². The van der Waals surface area contributed by atoms with Crippen LogP contribution >= 0.6 is 22.6 Å². The summed E-state index contributed by atoms with van der Waals surface area (Å²) in [5.41, 5.74) is 7.02. The number of hydrogen-bond donors (Lipinski definition) is 1. The second-order valence-electron chi connectivity index (χ2n) is 4.15. The van der Waals surface area contributed by atoms with Crippen LogP contribution in [0.5, 0.6) is 0 Å². The van der Waals surface area contributed by atoms with Gasteiger partial charge in [-0.05, 0) is 47.7 Å². The van der Waals surface area contributed by atoms with Gasteiger partial charge in [-0.15, -0.1) is 0 Å². The largest absolute Gasteiger partial charge is 0.398 e. The van der Waals surface area contributed by atoms with Crippen LogP contribution in [-0.2, 0) is 4.74 Å². The summed E-state index contributed by atoms with van der Waals surface area (Å²) in [7, 11) is 0. The van der Waals surface area contributed by atoms with Crippen LogP contribution in [0.1, 0.15) is 17.3 Å². The Morgan fingerprint density at radius 2 is 2.35 bits per heavy atom. The SMILES string of the molecule is CC1COCCN1C(=O)c1ccc(I)cc1N. The summed E-state index contributed by atoms with van der Waals surface area (Å²) in [5.74, 6) is -0.00491. The van der Waals surface area contributed by atoms with Crippen LogP contribution in [-0.4, -0.2) is 36.6 Å². The maximum atomic E-state index is 12.3. The summed E-state index contributed by atoms with van der Waals surface area (Å²) in [5, 5.41) is 0. The molecule has 2 N–H and O–H groups in total. The number of hydrogen-bond acceptors (Lipinski definition) is 3. The van der Waals surface area contributed by atoms with E-state index >= 15 is 0 Å². The number of ether oxygens (including phenoxy) is 1. The average molecular weight is 346 g/mol. The minimum Gasteiger partial charge on any atom is -0.398 e. The molecule has 4 nitrogen and oxygen atoms in total. The van der Waals surface area contributed by atoms with Crippen molar-refractivity contribution in [1.29, 1.82) is 0 Å². The van der Waals surface area contributed by atoms with Gasteiger partial charge >= 0.3 is 0 Å². The molecule has 2 rings (SSSR count). The average Bonchev–Trinajstić information content (AvgIpc) is 2.29. The molecular weight excluding hydrogens is 331 g/mol. The van der Waals surface area contributed by atoms with E-state index in [1.54, 1.807) is 6.07 Å². The van der Waals surface area contributed by atoms with E-state index in [1.165, 1.54) is 0 Å². The maximum absolute atomic E-state index is 12.3. The Labute approximate surface area is 114 Å². The Balaban J connectivity index is 2.24. The number of nitrogens with two attached hydrogens (primary N) is 1. The van der Waals surface area contributed by atoms with Crippen molar-refractivity contribution in [2.75, 3.05) is 25.5 Å². The molecule has 1 aliphatic heterocycles.